The van der Waals surface area contributed by atoms with Gasteiger partial charge in [0.05, 0.1) is 0 Å². The monoisotopic (exact) mass is 354 g/mol. The summed E-state index contributed by atoms with van der Waals surface area (Å²) >= 11 is 11.6. The van der Waals surface area contributed by atoms with Crippen molar-refractivity contribution in [2.75, 3.05) is 0 Å². The zero-order chi connectivity index (χ0) is 12.6. The first-order chi connectivity index (χ1) is 7.88. The van der Waals surface area contributed by atoms with Crippen LogP contribution in [0.15, 0.2) is 17.0 Å². The number of hydrogen-bond donors (Lipinski definition) is 1. The van der Waals surface area contributed by atoms with Crippen molar-refractivity contribution in [3.05, 3.63) is 22.2 Å². The van der Waals surface area contributed by atoms with Gasteiger partial charge >= 0.3 is 118 Å². The third-order valence-corrected chi connectivity index (χ3v) is 7.92. The Bertz CT molecular complexity index is 543. The molecule has 1 aliphatic rings. The standard InChI is InChI=1S/C10H11AsCl2NO2S/c12-8-4-7(11-6-2-1-3-6)10(5-9(8)13)17(14,15)16/h4-6H,1-3H2,(H2,14,15,16). The summed E-state index contributed by atoms with van der Waals surface area (Å²) in [6.45, 7) is 0. The van der Waals surface area contributed by atoms with Crippen molar-refractivity contribution < 1.29 is 8.42 Å². The van der Waals surface area contributed by atoms with Crippen LogP contribution in [0.5, 0.6) is 0 Å². The number of primary sulfonamides is 1. The van der Waals surface area contributed by atoms with Crippen molar-refractivity contribution in [1.29, 1.82) is 0 Å². The van der Waals surface area contributed by atoms with Crippen LogP contribution < -0.4 is 9.49 Å². The molecule has 1 fully saturated rings. The zero-order valence-corrected chi connectivity index (χ0v) is 13.1. The molecule has 0 spiro atoms. The molecule has 1 aromatic rings. The van der Waals surface area contributed by atoms with Gasteiger partial charge in [-0.25, -0.2) is 0 Å². The minimum absolute atomic E-state index is 0.138. The Morgan fingerprint density at radius 1 is 1.24 bits per heavy atom. The number of nitrogens with two attached hydrogens (primary N) is 1. The molecular formula is C10H11AsCl2NO2S. The van der Waals surface area contributed by atoms with E-state index in [0.29, 0.717) is 9.73 Å². The summed E-state index contributed by atoms with van der Waals surface area (Å²) in [5.41, 5.74) is 0. The molecule has 0 saturated heterocycles. The van der Waals surface area contributed by atoms with Crippen LogP contribution in [0.25, 0.3) is 0 Å². The third-order valence-electron chi connectivity index (χ3n) is 2.70. The van der Waals surface area contributed by atoms with Gasteiger partial charge in [-0.2, -0.15) is 0 Å². The van der Waals surface area contributed by atoms with Crippen LogP contribution in [-0.4, -0.2) is 24.2 Å². The van der Waals surface area contributed by atoms with Crippen molar-refractivity contribution in [2.24, 2.45) is 5.14 Å². The Hall–Kier alpha value is 0.268. The van der Waals surface area contributed by atoms with E-state index in [1.807, 2.05) is 0 Å². The average Bonchev–Trinajstić information content (AvgIpc) is 2.14. The molecule has 93 valence electrons. The first kappa shape index (κ1) is 13.7. The predicted molar refractivity (Wildman–Crippen MR) is 70.8 cm³/mol. The molecule has 0 heterocycles. The molecule has 1 aliphatic carbocycles. The van der Waals surface area contributed by atoms with Gasteiger partial charge in [-0.05, 0) is 0 Å². The second-order valence-corrected chi connectivity index (χ2v) is 9.42. The second kappa shape index (κ2) is 5.10. The summed E-state index contributed by atoms with van der Waals surface area (Å²) < 4.78 is 24.4. The molecule has 1 aromatic carbocycles. The van der Waals surface area contributed by atoms with E-state index < -0.39 is 10.0 Å². The van der Waals surface area contributed by atoms with Gasteiger partial charge in [0.1, 0.15) is 0 Å². The number of hydrogen-bond acceptors (Lipinski definition) is 2. The minimum atomic E-state index is -3.72. The molecule has 0 bridgehead atoms. The molecule has 0 atom stereocenters. The Labute approximate surface area is 117 Å². The van der Waals surface area contributed by atoms with Crippen LogP contribution >= 0.6 is 23.2 Å². The van der Waals surface area contributed by atoms with Crippen LogP contribution in [0.1, 0.15) is 19.3 Å². The van der Waals surface area contributed by atoms with Crippen molar-refractivity contribution in [3.8, 4) is 0 Å². The van der Waals surface area contributed by atoms with Gasteiger partial charge in [-0.1, -0.05) is 0 Å². The molecule has 0 aromatic heterocycles. The number of halogens is 2. The van der Waals surface area contributed by atoms with Gasteiger partial charge in [-0.3, -0.25) is 0 Å². The van der Waals surface area contributed by atoms with Gasteiger partial charge in [0.2, 0.25) is 0 Å². The molecule has 0 unspecified atom stereocenters. The zero-order valence-electron chi connectivity index (χ0n) is 8.86. The van der Waals surface area contributed by atoms with Crippen molar-refractivity contribution in [2.45, 2.75) is 28.9 Å². The van der Waals surface area contributed by atoms with Gasteiger partial charge in [0, 0.05) is 0 Å². The first-order valence-electron chi connectivity index (χ1n) is 5.10. The number of rotatable bonds is 3. The second-order valence-electron chi connectivity index (χ2n) is 3.99. The molecule has 3 nitrogen and oxygen atoms in total. The summed E-state index contributed by atoms with van der Waals surface area (Å²) in [5, 5.41) is 5.82. The van der Waals surface area contributed by atoms with E-state index in [-0.39, 0.29) is 25.7 Å². The summed E-state index contributed by atoms with van der Waals surface area (Å²) in [5.74, 6) is 0. The quantitative estimate of drug-likeness (QED) is 0.843. The van der Waals surface area contributed by atoms with E-state index in [1.54, 1.807) is 6.07 Å². The SMILES string of the molecule is NS(=O)(=O)c1cc(Cl)c(Cl)cc1[As]C1CCC1. The molecule has 2 N–H and O–H groups in total. The Morgan fingerprint density at radius 2 is 1.82 bits per heavy atom. The first-order valence-corrected chi connectivity index (χ1v) is 9.43. The van der Waals surface area contributed by atoms with Gasteiger partial charge in [0.15, 0.2) is 0 Å². The van der Waals surface area contributed by atoms with E-state index >= 15 is 0 Å². The van der Waals surface area contributed by atoms with Crippen molar-refractivity contribution in [3.63, 3.8) is 0 Å². The van der Waals surface area contributed by atoms with E-state index in [4.69, 9.17) is 28.3 Å². The van der Waals surface area contributed by atoms with Crippen molar-refractivity contribution in [1.82, 2.24) is 0 Å². The summed E-state index contributed by atoms with van der Waals surface area (Å²) in [4.78, 5) is 0.138. The van der Waals surface area contributed by atoms with Gasteiger partial charge < -0.3 is 0 Å². The van der Waals surface area contributed by atoms with E-state index in [1.165, 1.54) is 25.3 Å². The Balaban J connectivity index is 2.43. The maximum absolute atomic E-state index is 11.5. The average molecular weight is 355 g/mol. The fraction of sp³-hybridized carbons (Fsp3) is 0.400. The van der Waals surface area contributed by atoms with Gasteiger partial charge in [-0.15, -0.1) is 0 Å². The molecule has 7 heteroatoms. The number of benzene rings is 1. The Kier molecular flexibility index (Phi) is 4.11. The van der Waals surface area contributed by atoms with Crippen LogP contribution in [0.2, 0.25) is 14.8 Å². The molecule has 1 radical (unpaired) electrons. The molecular weight excluding hydrogens is 344 g/mol. The fourth-order valence-electron chi connectivity index (χ4n) is 1.56. The van der Waals surface area contributed by atoms with Crippen LogP contribution in [0, 0.1) is 0 Å². The van der Waals surface area contributed by atoms with E-state index in [2.05, 4.69) is 0 Å². The normalized spacial score (nSPS) is 17.6. The van der Waals surface area contributed by atoms with Crippen LogP contribution in [-0.2, 0) is 10.0 Å². The maximum atomic E-state index is 11.5. The molecule has 0 aliphatic heterocycles. The topological polar surface area (TPSA) is 60.2 Å². The summed E-state index contributed by atoms with van der Waals surface area (Å²) in [6, 6.07) is 3.02. The molecule has 2 rings (SSSR count). The van der Waals surface area contributed by atoms with E-state index in [9.17, 15) is 8.42 Å². The number of sulfonamides is 1. The fourth-order valence-corrected chi connectivity index (χ4v) is 6.79. The molecule has 17 heavy (non-hydrogen) atoms. The predicted octanol–water partition coefficient (Wildman–Crippen LogP) is 1.94. The van der Waals surface area contributed by atoms with Crippen LogP contribution in [0.3, 0.4) is 0 Å². The summed E-state index contributed by atoms with van der Waals surface area (Å²) in [6.07, 6.45) is 3.57. The van der Waals surface area contributed by atoms with E-state index in [0.717, 1.165) is 4.35 Å². The molecule has 1 saturated carbocycles. The molecule has 0 amide bonds. The Morgan fingerprint density at radius 3 is 2.29 bits per heavy atom. The third kappa shape index (κ3) is 3.18. The van der Waals surface area contributed by atoms with Crippen molar-refractivity contribution >= 4 is 53.3 Å². The van der Waals surface area contributed by atoms with Crippen LogP contribution in [0.4, 0.5) is 0 Å². The summed E-state index contributed by atoms with van der Waals surface area (Å²) in [7, 11) is -3.72. The van der Waals surface area contributed by atoms with Gasteiger partial charge in [0.25, 0.3) is 0 Å².